The number of hydrogen-bond acceptors (Lipinski definition) is 8. The molecule has 0 fully saturated rings. The number of pyridine rings is 1. The molecule has 5 rings (SSSR count). The summed E-state index contributed by atoms with van der Waals surface area (Å²) in [7, 11) is 1.63. The van der Waals surface area contributed by atoms with Crippen molar-refractivity contribution in [3.8, 4) is 5.75 Å². The number of methoxy groups -OCH3 is 1. The van der Waals surface area contributed by atoms with E-state index in [0.717, 1.165) is 34.7 Å². The van der Waals surface area contributed by atoms with Crippen LogP contribution in [0.1, 0.15) is 41.4 Å². The minimum Gasteiger partial charge on any atom is -0.497 e. The van der Waals surface area contributed by atoms with Crippen molar-refractivity contribution < 1.29 is 9.15 Å². The molecule has 1 N–H and O–H groups in total. The maximum Gasteiger partial charge on any atom is 0.252 e. The van der Waals surface area contributed by atoms with Crippen LogP contribution in [0.2, 0.25) is 0 Å². The van der Waals surface area contributed by atoms with Gasteiger partial charge in [0.15, 0.2) is 5.82 Å². The average Bonchev–Trinajstić information content (AvgIpc) is 3.65. The molecule has 4 heterocycles. The van der Waals surface area contributed by atoms with Crippen molar-refractivity contribution in [1.82, 2.24) is 30.1 Å². The van der Waals surface area contributed by atoms with Crippen LogP contribution in [0.15, 0.2) is 69.4 Å². The van der Waals surface area contributed by atoms with Gasteiger partial charge in [0.05, 0.1) is 19.4 Å². The molecule has 1 unspecified atom stereocenters. The first-order valence-electron chi connectivity index (χ1n) is 11.4. The quantitative estimate of drug-likeness (QED) is 0.310. The Bertz CT molecular complexity index is 1440. The number of rotatable bonds is 10. The molecule has 0 amide bonds. The van der Waals surface area contributed by atoms with E-state index in [1.54, 1.807) is 29.4 Å². The topological polar surface area (TPSA) is 102 Å². The van der Waals surface area contributed by atoms with E-state index in [1.165, 1.54) is 4.88 Å². The summed E-state index contributed by atoms with van der Waals surface area (Å²) in [5.74, 6) is 2.26. The average molecular weight is 491 g/mol. The standard InChI is InChI=1S/C25H26N6O3S/c1-3-23(24-27-28-29-31(24)15-20-6-4-10-34-20)30(16-21-7-5-11-35-21)14-18-12-17-13-19(33-2)8-9-22(17)26-25(18)32/h4-13,23H,3,14-16H2,1-2H3,(H,26,32). The second kappa shape index (κ2) is 10.2. The van der Waals surface area contributed by atoms with Crippen molar-refractivity contribution in [2.75, 3.05) is 7.11 Å². The first kappa shape index (κ1) is 23.0. The van der Waals surface area contributed by atoms with Gasteiger partial charge < -0.3 is 14.1 Å². The van der Waals surface area contributed by atoms with Gasteiger partial charge in [-0.3, -0.25) is 9.69 Å². The fourth-order valence-corrected chi connectivity index (χ4v) is 5.02. The van der Waals surface area contributed by atoms with Crippen molar-refractivity contribution in [3.63, 3.8) is 0 Å². The van der Waals surface area contributed by atoms with Crippen LogP contribution in [-0.4, -0.2) is 37.2 Å². The number of ether oxygens (including phenoxy) is 1. The smallest absolute Gasteiger partial charge is 0.252 e. The molecular weight excluding hydrogens is 464 g/mol. The Morgan fingerprint density at radius 1 is 1.20 bits per heavy atom. The summed E-state index contributed by atoms with van der Waals surface area (Å²) in [6, 6.07) is 15.4. The van der Waals surface area contributed by atoms with Crippen LogP contribution in [0.25, 0.3) is 10.9 Å². The molecule has 0 aliphatic rings. The van der Waals surface area contributed by atoms with E-state index in [-0.39, 0.29) is 11.6 Å². The monoisotopic (exact) mass is 490 g/mol. The van der Waals surface area contributed by atoms with Crippen LogP contribution >= 0.6 is 11.3 Å². The van der Waals surface area contributed by atoms with Crippen LogP contribution < -0.4 is 10.3 Å². The van der Waals surface area contributed by atoms with Gasteiger partial charge in [0.1, 0.15) is 18.1 Å². The number of nitrogens with zero attached hydrogens (tertiary/aromatic N) is 5. The predicted molar refractivity (Wildman–Crippen MR) is 133 cm³/mol. The van der Waals surface area contributed by atoms with Gasteiger partial charge in [-0.2, -0.15) is 0 Å². The molecular formula is C25H26N6O3S. The summed E-state index contributed by atoms with van der Waals surface area (Å²) >= 11 is 1.69. The SMILES string of the molecule is CCC(c1nnnn1Cc1ccco1)N(Cc1cccs1)Cc1cc2cc(OC)ccc2[nH]c1=O. The van der Waals surface area contributed by atoms with E-state index in [9.17, 15) is 4.79 Å². The molecule has 0 radical (unpaired) electrons. The normalized spacial score (nSPS) is 12.4. The lowest BCUT2D eigenvalue weighted by molar-refractivity contribution is 0.162. The number of H-pyrrole nitrogens is 1. The lowest BCUT2D eigenvalue weighted by atomic mass is 10.1. The second-order valence-electron chi connectivity index (χ2n) is 8.26. The number of fused-ring (bicyclic) bond motifs is 1. The van der Waals surface area contributed by atoms with Gasteiger partial charge in [-0.15, -0.1) is 16.4 Å². The molecule has 0 bridgehead atoms. The third kappa shape index (κ3) is 5.03. The van der Waals surface area contributed by atoms with Crippen molar-refractivity contribution in [2.24, 2.45) is 0 Å². The highest BCUT2D eigenvalue weighted by Crippen LogP contribution is 2.28. The van der Waals surface area contributed by atoms with Gasteiger partial charge in [0, 0.05) is 34.4 Å². The van der Waals surface area contributed by atoms with E-state index in [2.05, 4.69) is 43.8 Å². The summed E-state index contributed by atoms with van der Waals surface area (Å²) in [4.78, 5) is 19.5. The number of nitrogens with one attached hydrogen (secondary N) is 1. The number of thiophene rings is 1. The van der Waals surface area contributed by atoms with Gasteiger partial charge in [-0.05, 0) is 64.7 Å². The van der Waals surface area contributed by atoms with E-state index in [0.29, 0.717) is 25.2 Å². The molecule has 0 saturated carbocycles. The van der Waals surface area contributed by atoms with Crippen molar-refractivity contribution in [1.29, 1.82) is 0 Å². The minimum absolute atomic E-state index is 0.108. The van der Waals surface area contributed by atoms with Crippen molar-refractivity contribution >= 4 is 22.2 Å². The van der Waals surface area contributed by atoms with Crippen LogP contribution in [-0.2, 0) is 19.6 Å². The van der Waals surface area contributed by atoms with Crippen LogP contribution in [0, 0.1) is 0 Å². The van der Waals surface area contributed by atoms with Crippen LogP contribution in [0.5, 0.6) is 5.75 Å². The molecule has 1 atom stereocenters. The van der Waals surface area contributed by atoms with E-state index < -0.39 is 0 Å². The molecule has 0 aliphatic carbocycles. The maximum absolute atomic E-state index is 13.0. The summed E-state index contributed by atoms with van der Waals surface area (Å²) in [5.41, 5.74) is 1.34. The Labute approximate surface area is 206 Å². The highest BCUT2D eigenvalue weighted by molar-refractivity contribution is 7.09. The predicted octanol–water partition coefficient (Wildman–Crippen LogP) is 4.38. The molecule has 9 nitrogen and oxygen atoms in total. The van der Waals surface area contributed by atoms with E-state index in [1.807, 2.05) is 42.5 Å². The van der Waals surface area contributed by atoms with Gasteiger partial charge in [-0.25, -0.2) is 4.68 Å². The molecule has 180 valence electrons. The molecule has 4 aromatic heterocycles. The number of aromatic nitrogens is 5. The Kier molecular flexibility index (Phi) is 6.73. The number of aromatic amines is 1. The summed E-state index contributed by atoms with van der Waals surface area (Å²) < 4.78 is 12.6. The zero-order valence-electron chi connectivity index (χ0n) is 19.5. The van der Waals surface area contributed by atoms with E-state index >= 15 is 0 Å². The van der Waals surface area contributed by atoms with Gasteiger partial charge in [0.2, 0.25) is 0 Å². The zero-order valence-corrected chi connectivity index (χ0v) is 20.4. The van der Waals surface area contributed by atoms with Crippen molar-refractivity contribution in [2.45, 2.75) is 39.0 Å². The largest absolute Gasteiger partial charge is 0.497 e. The highest BCUT2D eigenvalue weighted by atomic mass is 32.1. The number of benzene rings is 1. The molecule has 10 heteroatoms. The Hall–Kier alpha value is -3.76. The third-order valence-corrected chi connectivity index (χ3v) is 6.87. The number of tetrazole rings is 1. The van der Waals surface area contributed by atoms with Crippen molar-refractivity contribution in [3.05, 3.63) is 92.6 Å². The van der Waals surface area contributed by atoms with Gasteiger partial charge in [0.25, 0.3) is 5.56 Å². The number of furan rings is 1. The molecule has 1 aromatic carbocycles. The minimum atomic E-state index is -0.109. The molecule has 5 aromatic rings. The summed E-state index contributed by atoms with van der Waals surface area (Å²) in [6.45, 7) is 3.65. The Morgan fingerprint density at radius 2 is 2.11 bits per heavy atom. The Balaban J connectivity index is 1.51. The van der Waals surface area contributed by atoms with Gasteiger partial charge >= 0.3 is 0 Å². The molecule has 35 heavy (non-hydrogen) atoms. The Morgan fingerprint density at radius 3 is 2.86 bits per heavy atom. The zero-order chi connectivity index (χ0) is 24.2. The highest BCUT2D eigenvalue weighted by Gasteiger charge is 2.26. The second-order valence-corrected chi connectivity index (χ2v) is 9.29. The summed E-state index contributed by atoms with van der Waals surface area (Å²) in [6.07, 6.45) is 2.41. The maximum atomic E-state index is 13.0. The number of hydrogen-bond donors (Lipinski definition) is 1. The fraction of sp³-hybridized carbons (Fsp3) is 0.280. The van der Waals surface area contributed by atoms with Crippen LogP contribution in [0.4, 0.5) is 0 Å². The lowest BCUT2D eigenvalue weighted by Gasteiger charge is -2.29. The lowest BCUT2D eigenvalue weighted by Crippen LogP contribution is -2.32. The fourth-order valence-electron chi connectivity index (χ4n) is 4.29. The van der Waals surface area contributed by atoms with Gasteiger partial charge in [-0.1, -0.05) is 13.0 Å². The molecule has 0 aliphatic heterocycles. The summed E-state index contributed by atoms with van der Waals surface area (Å²) in [5, 5.41) is 15.5. The first-order chi connectivity index (χ1) is 17.1. The third-order valence-electron chi connectivity index (χ3n) is 6.01. The van der Waals surface area contributed by atoms with Crippen LogP contribution in [0.3, 0.4) is 0 Å². The first-order valence-corrected chi connectivity index (χ1v) is 12.3. The molecule has 0 saturated heterocycles. The van der Waals surface area contributed by atoms with E-state index in [4.69, 9.17) is 9.15 Å². The molecule has 0 spiro atoms.